The van der Waals surface area contributed by atoms with Gasteiger partial charge in [-0.1, -0.05) is 26.0 Å². The van der Waals surface area contributed by atoms with Crippen LogP contribution in [0.4, 0.5) is 0 Å². The molecule has 0 spiro atoms. The zero-order valence-corrected chi connectivity index (χ0v) is 11.2. The maximum absolute atomic E-state index is 11.7. The van der Waals surface area contributed by atoms with Crippen molar-refractivity contribution in [2.24, 2.45) is 0 Å². The van der Waals surface area contributed by atoms with Gasteiger partial charge in [0.1, 0.15) is 5.75 Å². The number of carbonyl (C=O) groups excluding carboxylic acids is 1. The quantitative estimate of drug-likeness (QED) is 0.723. The fraction of sp³-hybridized carbons (Fsp3) is 0.500. The normalized spacial score (nSPS) is 12.4. The monoisotopic (exact) mass is 250 g/mol. The molecule has 0 aliphatic heterocycles. The molecule has 18 heavy (non-hydrogen) atoms. The molecule has 4 nitrogen and oxygen atoms in total. The van der Waals surface area contributed by atoms with Crippen LogP contribution in [0.2, 0.25) is 0 Å². The molecule has 0 aromatic heterocycles. The summed E-state index contributed by atoms with van der Waals surface area (Å²) in [7, 11) is 0. The topological polar surface area (TPSA) is 61.4 Å². The third kappa shape index (κ3) is 5.19. The van der Waals surface area contributed by atoms with E-state index in [1.165, 1.54) is 0 Å². The van der Waals surface area contributed by atoms with Crippen molar-refractivity contribution in [3.63, 3.8) is 0 Å². The zero-order valence-electron chi connectivity index (χ0n) is 11.2. The number of carbonyl (C=O) groups is 1. The summed E-state index contributed by atoms with van der Waals surface area (Å²) in [6.45, 7) is 6.68. The maximum Gasteiger partial charge on any atom is 0.221 e. The van der Waals surface area contributed by atoms with Crippen molar-refractivity contribution >= 4 is 5.91 Å². The Morgan fingerprint density at radius 2 is 2.06 bits per heavy atom. The molecule has 100 valence electrons. The first-order chi connectivity index (χ1) is 8.49. The Labute approximate surface area is 108 Å². The van der Waals surface area contributed by atoms with Gasteiger partial charge in [-0.05, 0) is 24.6 Å². The van der Waals surface area contributed by atoms with Gasteiger partial charge in [0.2, 0.25) is 5.91 Å². The lowest BCUT2D eigenvalue weighted by molar-refractivity contribution is -0.121. The molecule has 0 fully saturated rings. The van der Waals surface area contributed by atoms with Gasteiger partial charge >= 0.3 is 0 Å². The van der Waals surface area contributed by atoms with Gasteiger partial charge in [-0.15, -0.1) is 0 Å². The first kappa shape index (κ1) is 14.5. The lowest BCUT2D eigenvalue weighted by Gasteiger charge is -2.15. The molecular formula is C14H22N2O2. The fourth-order valence-corrected chi connectivity index (χ4v) is 1.67. The SMILES string of the molecule is CC(C)NCCC(=O)NC(C)c1cccc(O)c1. The average molecular weight is 250 g/mol. The Balaban J connectivity index is 2.40. The van der Waals surface area contributed by atoms with E-state index in [-0.39, 0.29) is 17.7 Å². The summed E-state index contributed by atoms with van der Waals surface area (Å²) in [5, 5.41) is 15.5. The van der Waals surface area contributed by atoms with Crippen LogP contribution in [0, 0.1) is 0 Å². The minimum absolute atomic E-state index is 0.0130. The van der Waals surface area contributed by atoms with Crippen molar-refractivity contribution < 1.29 is 9.90 Å². The summed E-state index contributed by atoms with van der Waals surface area (Å²) in [6.07, 6.45) is 0.460. The van der Waals surface area contributed by atoms with E-state index in [9.17, 15) is 9.90 Å². The summed E-state index contributed by atoms with van der Waals surface area (Å²) in [5.74, 6) is 0.231. The van der Waals surface area contributed by atoms with Gasteiger partial charge in [0.15, 0.2) is 0 Å². The van der Waals surface area contributed by atoms with E-state index in [2.05, 4.69) is 10.6 Å². The molecule has 1 aromatic rings. The molecule has 0 aliphatic carbocycles. The highest BCUT2D eigenvalue weighted by Crippen LogP contribution is 2.17. The first-order valence-corrected chi connectivity index (χ1v) is 6.30. The molecule has 1 atom stereocenters. The molecule has 0 aliphatic rings. The van der Waals surface area contributed by atoms with E-state index in [1.54, 1.807) is 18.2 Å². The number of phenolic OH excluding ortho intramolecular Hbond substituents is 1. The lowest BCUT2D eigenvalue weighted by Crippen LogP contribution is -2.31. The Morgan fingerprint density at radius 1 is 1.33 bits per heavy atom. The summed E-state index contributed by atoms with van der Waals surface area (Å²) in [6, 6.07) is 7.23. The highest BCUT2D eigenvalue weighted by atomic mass is 16.3. The molecule has 3 N–H and O–H groups in total. The standard InChI is InChI=1S/C14H22N2O2/c1-10(2)15-8-7-14(18)16-11(3)12-5-4-6-13(17)9-12/h4-6,9-11,15,17H,7-8H2,1-3H3,(H,16,18). The van der Waals surface area contributed by atoms with Gasteiger partial charge < -0.3 is 15.7 Å². The highest BCUT2D eigenvalue weighted by molar-refractivity contribution is 5.76. The Morgan fingerprint density at radius 3 is 2.67 bits per heavy atom. The molecule has 4 heteroatoms. The molecule has 0 saturated carbocycles. The first-order valence-electron chi connectivity index (χ1n) is 6.30. The average Bonchev–Trinajstić information content (AvgIpc) is 2.28. The maximum atomic E-state index is 11.7. The van der Waals surface area contributed by atoms with E-state index >= 15 is 0 Å². The fourth-order valence-electron chi connectivity index (χ4n) is 1.67. The summed E-state index contributed by atoms with van der Waals surface area (Å²) in [4.78, 5) is 11.7. The largest absolute Gasteiger partial charge is 0.508 e. The van der Waals surface area contributed by atoms with Crippen molar-refractivity contribution in [2.45, 2.75) is 39.3 Å². The second-order valence-electron chi connectivity index (χ2n) is 4.74. The number of amides is 1. The molecular weight excluding hydrogens is 228 g/mol. The molecule has 0 saturated heterocycles. The smallest absolute Gasteiger partial charge is 0.221 e. The van der Waals surface area contributed by atoms with Gasteiger partial charge in [0.25, 0.3) is 0 Å². The number of aromatic hydroxyl groups is 1. The van der Waals surface area contributed by atoms with Crippen LogP contribution >= 0.6 is 0 Å². The number of phenols is 1. The molecule has 0 radical (unpaired) electrons. The Hall–Kier alpha value is -1.55. The number of rotatable bonds is 6. The van der Waals surface area contributed by atoms with Gasteiger partial charge in [-0.3, -0.25) is 4.79 Å². The lowest BCUT2D eigenvalue weighted by atomic mass is 10.1. The van der Waals surface area contributed by atoms with E-state index < -0.39 is 0 Å². The van der Waals surface area contributed by atoms with Crippen molar-refractivity contribution in [3.05, 3.63) is 29.8 Å². The second kappa shape index (κ2) is 7.01. The van der Waals surface area contributed by atoms with Crippen LogP contribution in [0.15, 0.2) is 24.3 Å². The number of nitrogens with one attached hydrogen (secondary N) is 2. The van der Waals surface area contributed by atoms with E-state index in [1.807, 2.05) is 26.8 Å². The van der Waals surface area contributed by atoms with Gasteiger partial charge in [-0.2, -0.15) is 0 Å². The number of hydrogen-bond acceptors (Lipinski definition) is 3. The summed E-state index contributed by atoms with van der Waals surface area (Å²) < 4.78 is 0. The van der Waals surface area contributed by atoms with Crippen molar-refractivity contribution in [1.82, 2.24) is 10.6 Å². The van der Waals surface area contributed by atoms with Gasteiger partial charge in [-0.25, -0.2) is 0 Å². The van der Waals surface area contributed by atoms with Crippen LogP contribution in [0.25, 0.3) is 0 Å². The van der Waals surface area contributed by atoms with Crippen LogP contribution in [0.3, 0.4) is 0 Å². The second-order valence-corrected chi connectivity index (χ2v) is 4.74. The predicted molar refractivity (Wildman–Crippen MR) is 72.4 cm³/mol. The molecule has 1 unspecified atom stereocenters. The van der Waals surface area contributed by atoms with Crippen LogP contribution in [-0.4, -0.2) is 23.6 Å². The Bertz CT molecular complexity index is 391. The van der Waals surface area contributed by atoms with Gasteiger partial charge in [0.05, 0.1) is 6.04 Å². The third-order valence-corrected chi connectivity index (χ3v) is 2.65. The van der Waals surface area contributed by atoms with Crippen LogP contribution in [-0.2, 0) is 4.79 Å². The zero-order chi connectivity index (χ0) is 13.5. The van der Waals surface area contributed by atoms with Crippen LogP contribution in [0.1, 0.15) is 38.8 Å². The highest BCUT2D eigenvalue weighted by Gasteiger charge is 2.09. The molecule has 1 rings (SSSR count). The van der Waals surface area contributed by atoms with Gasteiger partial charge in [0, 0.05) is 19.0 Å². The number of hydrogen-bond donors (Lipinski definition) is 3. The molecule has 0 heterocycles. The minimum atomic E-state index is -0.0938. The minimum Gasteiger partial charge on any atom is -0.508 e. The third-order valence-electron chi connectivity index (χ3n) is 2.65. The van der Waals surface area contributed by atoms with Crippen LogP contribution in [0.5, 0.6) is 5.75 Å². The Kier molecular flexibility index (Phi) is 5.65. The van der Waals surface area contributed by atoms with Crippen molar-refractivity contribution in [1.29, 1.82) is 0 Å². The number of benzene rings is 1. The molecule has 0 bridgehead atoms. The molecule has 1 amide bonds. The van der Waals surface area contributed by atoms with Crippen LogP contribution < -0.4 is 10.6 Å². The van der Waals surface area contributed by atoms with E-state index in [4.69, 9.17) is 0 Å². The summed E-state index contributed by atoms with van der Waals surface area (Å²) >= 11 is 0. The van der Waals surface area contributed by atoms with E-state index in [0.717, 1.165) is 5.56 Å². The van der Waals surface area contributed by atoms with Crippen molar-refractivity contribution in [3.8, 4) is 5.75 Å². The summed E-state index contributed by atoms with van der Waals surface area (Å²) in [5.41, 5.74) is 0.903. The predicted octanol–water partition coefficient (Wildman–Crippen LogP) is 1.96. The molecule has 1 aromatic carbocycles. The van der Waals surface area contributed by atoms with Crippen molar-refractivity contribution in [2.75, 3.05) is 6.54 Å². The van der Waals surface area contributed by atoms with E-state index in [0.29, 0.717) is 19.0 Å².